The summed E-state index contributed by atoms with van der Waals surface area (Å²) >= 11 is 5.88. The molecule has 0 bridgehead atoms. The molecule has 1 aromatic carbocycles. The summed E-state index contributed by atoms with van der Waals surface area (Å²) in [6.45, 7) is 3.13. The number of carbonyl (C=O) groups excluding carboxylic acids is 1. The predicted molar refractivity (Wildman–Crippen MR) is 93.4 cm³/mol. The standard InChI is InChI=1S/C17H23ClN2O3S/c1-2-17(21)19-11-9-15(10-12-19)20(14-5-6-14)24(22,23)16-7-3-13(18)4-8-16/h3-4,7-8,14-15H,2,5-6,9-12H2,1H3. The highest BCUT2D eigenvalue weighted by molar-refractivity contribution is 7.89. The quantitative estimate of drug-likeness (QED) is 0.800. The number of amides is 1. The van der Waals surface area contributed by atoms with Crippen LogP contribution < -0.4 is 0 Å². The van der Waals surface area contributed by atoms with Crippen molar-refractivity contribution in [1.29, 1.82) is 0 Å². The molecule has 24 heavy (non-hydrogen) atoms. The Kier molecular flexibility index (Phi) is 5.18. The Morgan fingerprint density at radius 3 is 2.17 bits per heavy atom. The summed E-state index contributed by atoms with van der Waals surface area (Å²) in [7, 11) is -3.53. The smallest absolute Gasteiger partial charge is 0.243 e. The molecule has 0 aromatic heterocycles. The first-order valence-corrected chi connectivity index (χ1v) is 10.3. The molecule has 5 nitrogen and oxygen atoms in total. The SMILES string of the molecule is CCC(=O)N1CCC(N(C2CC2)S(=O)(=O)c2ccc(Cl)cc2)CC1. The molecule has 132 valence electrons. The monoisotopic (exact) mass is 370 g/mol. The molecule has 2 aliphatic rings. The molecule has 1 heterocycles. The number of rotatable bonds is 5. The summed E-state index contributed by atoms with van der Waals surface area (Å²) in [5, 5.41) is 0.526. The molecule has 0 N–H and O–H groups in total. The van der Waals surface area contributed by atoms with Crippen LogP contribution in [0.25, 0.3) is 0 Å². The molecule has 0 radical (unpaired) electrons. The summed E-state index contributed by atoms with van der Waals surface area (Å²) in [5.74, 6) is 0.145. The van der Waals surface area contributed by atoms with E-state index >= 15 is 0 Å². The van der Waals surface area contributed by atoms with E-state index in [4.69, 9.17) is 11.6 Å². The maximum atomic E-state index is 13.1. The third-order valence-electron chi connectivity index (χ3n) is 4.78. The van der Waals surface area contributed by atoms with Crippen LogP contribution in [-0.2, 0) is 14.8 Å². The average Bonchev–Trinajstić information content (AvgIpc) is 3.40. The van der Waals surface area contributed by atoms with Gasteiger partial charge in [-0.3, -0.25) is 4.79 Å². The van der Waals surface area contributed by atoms with Gasteiger partial charge < -0.3 is 4.90 Å². The predicted octanol–water partition coefficient (Wildman–Crippen LogP) is 2.89. The Morgan fingerprint density at radius 1 is 1.12 bits per heavy atom. The van der Waals surface area contributed by atoms with Crippen LogP contribution in [-0.4, -0.2) is 48.7 Å². The number of nitrogens with zero attached hydrogens (tertiary/aromatic N) is 2. The van der Waals surface area contributed by atoms with Crippen molar-refractivity contribution in [2.24, 2.45) is 0 Å². The van der Waals surface area contributed by atoms with Crippen molar-refractivity contribution in [3.05, 3.63) is 29.3 Å². The summed E-state index contributed by atoms with van der Waals surface area (Å²) in [6, 6.07) is 6.44. The Bertz CT molecular complexity index is 693. The fourth-order valence-electron chi connectivity index (χ4n) is 3.34. The summed E-state index contributed by atoms with van der Waals surface area (Å²) in [5.41, 5.74) is 0. The van der Waals surface area contributed by atoms with Crippen molar-refractivity contribution in [3.63, 3.8) is 0 Å². The molecule has 1 aromatic rings. The van der Waals surface area contributed by atoms with Crippen LogP contribution in [0.15, 0.2) is 29.2 Å². The molecule has 0 atom stereocenters. The van der Waals surface area contributed by atoms with E-state index in [1.54, 1.807) is 28.6 Å². The average molecular weight is 371 g/mol. The number of likely N-dealkylation sites (tertiary alicyclic amines) is 1. The molecule has 0 spiro atoms. The van der Waals surface area contributed by atoms with Crippen LogP contribution in [0.1, 0.15) is 39.0 Å². The van der Waals surface area contributed by atoms with E-state index in [1.807, 2.05) is 11.8 Å². The van der Waals surface area contributed by atoms with Crippen LogP contribution in [0.2, 0.25) is 5.02 Å². The summed E-state index contributed by atoms with van der Waals surface area (Å²) in [6.07, 6.45) is 3.74. The second kappa shape index (κ2) is 7.02. The minimum Gasteiger partial charge on any atom is -0.343 e. The van der Waals surface area contributed by atoms with Gasteiger partial charge in [-0.15, -0.1) is 0 Å². The lowest BCUT2D eigenvalue weighted by Gasteiger charge is -2.38. The van der Waals surface area contributed by atoms with Crippen LogP contribution in [0, 0.1) is 0 Å². The van der Waals surface area contributed by atoms with Crippen molar-refractivity contribution in [2.45, 2.75) is 56.0 Å². The molecular formula is C17H23ClN2O3S. The highest BCUT2D eigenvalue weighted by Gasteiger charge is 2.43. The number of hydrogen-bond donors (Lipinski definition) is 0. The van der Waals surface area contributed by atoms with E-state index in [9.17, 15) is 13.2 Å². The van der Waals surface area contributed by atoms with Crippen LogP contribution in [0.5, 0.6) is 0 Å². The second-order valence-electron chi connectivity index (χ2n) is 6.49. The third-order valence-corrected chi connectivity index (χ3v) is 7.05. The van der Waals surface area contributed by atoms with E-state index in [0.717, 1.165) is 12.8 Å². The first kappa shape index (κ1) is 17.7. The normalized spacial score (nSPS) is 19.7. The van der Waals surface area contributed by atoms with Crippen molar-refractivity contribution in [1.82, 2.24) is 9.21 Å². The molecule has 2 fully saturated rings. The number of benzene rings is 1. The van der Waals surface area contributed by atoms with Gasteiger partial charge in [0.1, 0.15) is 0 Å². The Morgan fingerprint density at radius 2 is 1.67 bits per heavy atom. The van der Waals surface area contributed by atoms with Gasteiger partial charge in [0.2, 0.25) is 15.9 Å². The highest BCUT2D eigenvalue weighted by Crippen LogP contribution is 2.36. The summed E-state index contributed by atoms with van der Waals surface area (Å²) in [4.78, 5) is 14.0. The van der Waals surface area contributed by atoms with E-state index in [0.29, 0.717) is 42.3 Å². The van der Waals surface area contributed by atoms with Gasteiger partial charge in [0, 0.05) is 36.6 Å². The number of hydrogen-bond acceptors (Lipinski definition) is 3. The summed E-state index contributed by atoms with van der Waals surface area (Å²) < 4.78 is 27.9. The van der Waals surface area contributed by atoms with E-state index in [1.165, 1.54) is 0 Å². The molecule has 7 heteroatoms. The lowest BCUT2D eigenvalue weighted by atomic mass is 10.0. The molecule has 1 aliphatic heterocycles. The third kappa shape index (κ3) is 3.60. The Balaban J connectivity index is 1.78. The molecule has 1 saturated heterocycles. The van der Waals surface area contributed by atoms with Gasteiger partial charge in [0.05, 0.1) is 4.90 Å². The second-order valence-corrected chi connectivity index (χ2v) is 8.77. The Labute approximate surface area is 148 Å². The zero-order valence-electron chi connectivity index (χ0n) is 13.8. The van der Waals surface area contributed by atoms with Gasteiger partial charge >= 0.3 is 0 Å². The van der Waals surface area contributed by atoms with Crippen molar-refractivity contribution >= 4 is 27.5 Å². The van der Waals surface area contributed by atoms with Crippen LogP contribution in [0.4, 0.5) is 0 Å². The van der Waals surface area contributed by atoms with E-state index in [2.05, 4.69) is 0 Å². The van der Waals surface area contributed by atoms with Crippen molar-refractivity contribution < 1.29 is 13.2 Å². The number of piperidine rings is 1. The minimum absolute atomic E-state index is 0.0286. The van der Waals surface area contributed by atoms with Crippen LogP contribution >= 0.6 is 11.6 Å². The van der Waals surface area contributed by atoms with Gasteiger partial charge in [-0.05, 0) is 49.9 Å². The molecule has 0 unspecified atom stereocenters. The fraction of sp³-hybridized carbons (Fsp3) is 0.588. The topological polar surface area (TPSA) is 57.7 Å². The van der Waals surface area contributed by atoms with Gasteiger partial charge in [-0.2, -0.15) is 4.31 Å². The highest BCUT2D eigenvalue weighted by atomic mass is 35.5. The maximum Gasteiger partial charge on any atom is 0.243 e. The fourth-order valence-corrected chi connectivity index (χ4v) is 5.40. The van der Waals surface area contributed by atoms with Gasteiger partial charge in [-0.25, -0.2) is 8.42 Å². The number of halogens is 1. The molecular weight excluding hydrogens is 348 g/mol. The van der Waals surface area contributed by atoms with Crippen molar-refractivity contribution in [3.8, 4) is 0 Å². The molecule has 1 amide bonds. The van der Waals surface area contributed by atoms with Crippen LogP contribution in [0.3, 0.4) is 0 Å². The molecule has 1 aliphatic carbocycles. The van der Waals surface area contributed by atoms with Gasteiger partial charge in [0.15, 0.2) is 0 Å². The van der Waals surface area contributed by atoms with E-state index in [-0.39, 0.29) is 18.0 Å². The minimum atomic E-state index is -3.53. The zero-order valence-corrected chi connectivity index (χ0v) is 15.4. The molecule has 3 rings (SSSR count). The van der Waals surface area contributed by atoms with E-state index < -0.39 is 10.0 Å². The maximum absolute atomic E-state index is 13.1. The lowest BCUT2D eigenvalue weighted by molar-refractivity contribution is -0.132. The van der Waals surface area contributed by atoms with Gasteiger partial charge in [-0.1, -0.05) is 18.5 Å². The lowest BCUT2D eigenvalue weighted by Crippen LogP contribution is -2.49. The zero-order chi connectivity index (χ0) is 17.3. The number of sulfonamides is 1. The first-order valence-electron chi connectivity index (χ1n) is 8.50. The number of carbonyl (C=O) groups is 1. The van der Waals surface area contributed by atoms with Crippen molar-refractivity contribution in [2.75, 3.05) is 13.1 Å². The Hall–Kier alpha value is -1.11. The van der Waals surface area contributed by atoms with Gasteiger partial charge in [0.25, 0.3) is 0 Å². The molecule has 1 saturated carbocycles. The largest absolute Gasteiger partial charge is 0.343 e. The first-order chi connectivity index (χ1) is 11.4.